The molecule has 27 heavy (non-hydrogen) atoms. The van der Waals surface area contributed by atoms with Crippen LogP contribution in [0.3, 0.4) is 0 Å². The van der Waals surface area contributed by atoms with Crippen molar-refractivity contribution in [3.05, 3.63) is 77.3 Å². The van der Waals surface area contributed by atoms with Gasteiger partial charge in [0.15, 0.2) is 0 Å². The number of nitrogens with one attached hydrogen (secondary N) is 1. The second-order valence-electron chi connectivity index (χ2n) is 5.84. The van der Waals surface area contributed by atoms with Crippen LogP contribution in [0.4, 0.5) is 10.1 Å². The van der Waals surface area contributed by atoms with Crippen molar-refractivity contribution in [1.29, 1.82) is 0 Å². The average molecular weight is 367 g/mol. The Labute approximate surface area is 155 Å². The fourth-order valence-corrected chi connectivity index (χ4v) is 2.57. The van der Waals surface area contributed by atoms with Gasteiger partial charge in [0.25, 0.3) is 5.91 Å². The number of amides is 1. The number of hydrogen-bond donors (Lipinski definition) is 1. The fourth-order valence-electron chi connectivity index (χ4n) is 2.57. The SMILES string of the molecule is CCOC(=O)c1ccc(NC(=O)c2cc(-c3ccc(F)cc3)oc2C)cc1. The molecule has 0 saturated carbocycles. The molecule has 3 rings (SSSR count). The van der Waals surface area contributed by atoms with E-state index in [0.29, 0.717) is 40.5 Å². The van der Waals surface area contributed by atoms with E-state index in [2.05, 4.69) is 5.32 Å². The maximum atomic E-state index is 13.1. The van der Waals surface area contributed by atoms with Crippen molar-refractivity contribution in [1.82, 2.24) is 0 Å². The molecule has 0 atom stereocenters. The Bertz CT molecular complexity index is 959. The molecule has 1 amide bonds. The summed E-state index contributed by atoms with van der Waals surface area (Å²) in [7, 11) is 0. The van der Waals surface area contributed by atoms with Crippen LogP contribution in [0.25, 0.3) is 11.3 Å². The number of ether oxygens (including phenoxy) is 1. The number of halogens is 1. The zero-order valence-electron chi connectivity index (χ0n) is 14.9. The maximum Gasteiger partial charge on any atom is 0.338 e. The third-order valence-electron chi connectivity index (χ3n) is 3.95. The number of anilines is 1. The normalized spacial score (nSPS) is 10.5. The summed E-state index contributed by atoms with van der Waals surface area (Å²) < 4.78 is 23.6. The highest BCUT2D eigenvalue weighted by Crippen LogP contribution is 2.26. The van der Waals surface area contributed by atoms with Crippen LogP contribution < -0.4 is 5.32 Å². The molecule has 0 bridgehead atoms. The van der Waals surface area contributed by atoms with Gasteiger partial charge in [0.1, 0.15) is 17.3 Å². The summed E-state index contributed by atoms with van der Waals surface area (Å²) in [6.45, 7) is 3.72. The van der Waals surface area contributed by atoms with Crippen molar-refractivity contribution in [2.75, 3.05) is 11.9 Å². The number of hydrogen-bond acceptors (Lipinski definition) is 4. The first-order valence-corrected chi connectivity index (χ1v) is 8.43. The van der Waals surface area contributed by atoms with Crippen molar-refractivity contribution in [2.45, 2.75) is 13.8 Å². The molecule has 0 saturated heterocycles. The largest absolute Gasteiger partial charge is 0.462 e. The van der Waals surface area contributed by atoms with Gasteiger partial charge in [0, 0.05) is 11.3 Å². The average Bonchev–Trinajstić information content (AvgIpc) is 3.05. The topological polar surface area (TPSA) is 68.5 Å². The highest BCUT2D eigenvalue weighted by atomic mass is 19.1. The first kappa shape index (κ1) is 18.4. The number of carbonyl (C=O) groups is 2. The lowest BCUT2D eigenvalue weighted by molar-refractivity contribution is 0.0526. The Morgan fingerprint density at radius 3 is 2.37 bits per heavy atom. The van der Waals surface area contributed by atoms with E-state index in [1.807, 2.05) is 0 Å². The quantitative estimate of drug-likeness (QED) is 0.656. The van der Waals surface area contributed by atoms with Gasteiger partial charge in [-0.25, -0.2) is 9.18 Å². The van der Waals surface area contributed by atoms with Crippen LogP contribution in [0.15, 0.2) is 59.0 Å². The van der Waals surface area contributed by atoms with Crippen molar-refractivity contribution in [3.63, 3.8) is 0 Å². The van der Waals surface area contributed by atoms with E-state index >= 15 is 0 Å². The standard InChI is InChI=1S/C21H18FNO4/c1-3-26-21(25)15-6-10-17(11-7-15)23-20(24)18-12-19(27-13(18)2)14-4-8-16(22)9-5-14/h4-12H,3H2,1-2H3,(H,23,24). The van der Waals surface area contributed by atoms with Crippen LogP contribution in [-0.4, -0.2) is 18.5 Å². The van der Waals surface area contributed by atoms with Gasteiger partial charge in [0.05, 0.1) is 17.7 Å². The summed E-state index contributed by atoms with van der Waals surface area (Å²) in [6, 6.07) is 13.9. The molecule has 3 aromatic rings. The van der Waals surface area contributed by atoms with Crippen LogP contribution >= 0.6 is 0 Å². The molecule has 0 fully saturated rings. The Kier molecular flexibility index (Phi) is 5.35. The van der Waals surface area contributed by atoms with Crippen molar-refractivity contribution < 1.29 is 23.1 Å². The minimum absolute atomic E-state index is 0.299. The fraction of sp³-hybridized carbons (Fsp3) is 0.143. The molecule has 0 aliphatic rings. The van der Waals surface area contributed by atoms with E-state index in [4.69, 9.17) is 9.15 Å². The number of furan rings is 1. The van der Waals surface area contributed by atoms with E-state index in [1.165, 1.54) is 12.1 Å². The molecule has 0 unspecified atom stereocenters. The van der Waals surface area contributed by atoms with E-state index < -0.39 is 5.97 Å². The minimum Gasteiger partial charge on any atom is -0.462 e. The first-order valence-electron chi connectivity index (χ1n) is 8.43. The number of aryl methyl sites for hydroxylation is 1. The molecule has 0 aliphatic carbocycles. The van der Waals surface area contributed by atoms with Gasteiger partial charge in [-0.3, -0.25) is 4.79 Å². The summed E-state index contributed by atoms with van der Waals surface area (Å²) in [4.78, 5) is 24.2. The lowest BCUT2D eigenvalue weighted by atomic mass is 10.1. The highest BCUT2D eigenvalue weighted by Gasteiger charge is 2.16. The third-order valence-corrected chi connectivity index (χ3v) is 3.95. The van der Waals surface area contributed by atoms with Gasteiger partial charge >= 0.3 is 5.97 Å². The van der Waals surface area contributed by atoms with E-state index in [-0.39, 0.29) is 11.7 Å². The Hall–Kier alpha value is -3.41. The van der Waals surface area contributed by atoms with E-state index in [0.717, 1.165) is 0 Å². The molecule has 0 spiro atoms. The first-order chi connectivity index (χ1) is 13.0. The summed E-state index contributed by atoms with van der Waals surface area (Å²) >= 11 is 0. The summed E-state index contributed by atoms with van der Waals surface area (Å²) in [5, 5.41) is 2.76. The number of rotatable bonds is 5. The third kappa shape index (κ3) is 4.23. The second kappa shape index (κ2) is 7.86. The minimum atomic E-state index is -0.412. The van der Waals surface area contributed by atoms with Gasteiger partial charge in [0.2, 0.25) is 0 Å². The highest BCUT2D eigenvalue weighted by molar-refractivity contribution is 6.05. The maximum absolute atomic E-state index is 13.1. The number of carbonyl (C=O) groups excluding carboxylic acids is 2. The van der Waals surface area contributed by atoms with Gasteiger partial charge in [-0.1, -0.05) is 0 Å². The van der Waals surface area contributed by atoms with Crippen LogP contribution in [-0.2, 0) is 4.74 Å². The molecule has 1 aromatic heterocycles. The molecule has 1 N–H and O–H groups in total. The van der Waals surface area contributed by atoms with Crippen molar-refractivity contribution in [2.24, 2.45) is 0 Å². The zero-order valence-corrected chi connectivity index (χ0v) is 14.9. The van der Waals surface area contributed by atoms with Crippen LogP contribution in [0.1, 0.15) is 33.4 Å². The van der Waals surface area contributed by atoms with Crippen molar-refractivity contribution >= 4 is 17.6 Å². The molecular formula is C21H18FNO4. The Morgan fingerprint density at radius 2 is 1.74 bits per heavy atom. The molecular weight excluding hydrogens is 349 g/mol. The molecule has 5 nitrogen and oxygen atoms in total. The predicted octanol–water partition coefficient (Wildman–Crippen LogP) is 4.82. The number of benzene rings is 2. The zero-order chi connectivity index (χ0) is 19.4. The van der Waals surface area contributed by atoms with Crippen LogP contribution in [0.5, 0.6) is 0 Å². The predicted molar refractivity (Wildman–Crippen MR) is 99.2 cm³/mol. The van der Waals surface area contributed by atoms with Gasteiger partial charge in [-0.2, -0.15) is 0 Å². The number of esters is 1. The summed E-state index contributed by atoms with van der Waals surface area (Å²) in [5.74, 6) is -0.157. The molecule has 1 heterocycles. The summed E-state index contributed by atoms with van der Waals surface area (Å²) in [5.41, 5.74) is 2.01. The molecule has 138 valence electrons. The van der Waals surface area contributed by atoms with E-state index in [1.54, 1.807) is 56.3 Å². The molecule has 0 aliphatic heterocycles. The lowest BCUT2D eigenvalue weighted by Crippen LogP contribution is -2.12. The molecule has 6 heteroatoms. The smallest absolute Gasteiger partial charge is 0.338 e. The molecule has 2 aromatic carbocycles. The monoisotopic (exact) mass is 367 g/mol. The van der Waals surface area contributed by atoms with E-state index in [9.17, 15) is 14.0 Å². The summed E-state index contributed by atoms with van der Waals surface area (Å²) in [6.07, 6.45) is 0. The van der Waals surface area contributed by atoms with Crippen LogP contribution in [0, 0.1) is 12.7 Å². The van der Waals surface area contributed by atoms with Gasteiger partial charge < -0.3 is 14.5 Å². The second-order valence-corrected chi connectivity index (χ2v) is 5.84. The van der Waals surface area contributed by atoms with Gasteiger partial charge in [-0.05, 0) is 68.4 Å². The Morgan fingerprint density at radius 1 is 1.07 bits per heavy atom. The van der Waals surface area contributed by atoms with Crippen LogP contribution in [0.2, 0.25) is 0 Å². The lowest BCUT2D eigenvalue weighted by Gasteiger charge is -2.06. The Balaban J connectivity index is 1.74. The van der Waals surface area contributed by atoms with Crippen molar-refractivity contribution in [3.8, 4) is 11.3 Å². The van der Waals surface area contributed by atoms with Gasteiger partial charge in [-0.15, -0.1) is 0 Å². The molecule has 0 radical (unpaired) electrons.